The zero-order valence-corrected chi connectivity index (χ0v) is 17.9. The van der Waals surface area contributed by atoms with E-state index in [2.05, 4.69) is 25.3 Å². The van der Waals surface area contributed by atoms with Crippen molar-refractivity contribution >= 4 is 15.8 Å². The highest BCUT2D eigenvalue weighted by Gasteiger charge is 2.12. The zero-order chi connectivity index (χ0) is 21.0. The fourth-order valence-electron chi connectivity index (χ4n) is 2.83. The van der Waals surface area contributed by atoms with Gasteiger partial charge in [0.2, 0.25) is 10.0 Å². The number of anilines is 1. The number of aromatic nitrogens is 4. The second kappa shape index (κ2) is 8.71. The van der Waals surface area contributed by atoms with Gasteiger partial charge >= 0.3 is 0 Å². The molecular formula is C20H26N6O2S. The lowest BCUT2D eigenvalue weighted by molar-refractivity contribution is 0.582. The summed E-state index contributed by atoms with van der Waals surface area (Å²) < 4.78 is 28.7. The minimum Gasteiger partial charge on any atom is -0.367 e. The Balaban J connectivity index is 1.50. The van der Waals surface area contributed by atoms with E-state index in [4.69, 9.17) is 0 Å². The van der Waals surface area contributed by atoms with Gasteiger partial charge in [-0.2, -0.15) is 5.10 Å². The summed E-state index contributed by atoms with van der Waals surface area (Å²) in [4.78, 5) is 0. The van der Waals surface area contributed by atoms with Crippen LogP contribution in [0, 0.1) is 27.7 Å². The number of nitrogens with zero attached hydrogens (tertiary/aromatic N) is 4. The molecule has 3 rings (SSSR count). The van der Waals surface area contributed by atoms with Crippen molar-refractivity contribution in [3.05, 3.63) is 64.5 Å². The minimum absolute atomic E-state index is 0.0379. The van der Waals surface area contributed by atoms with Crippen molar-refractivity contribution in [1.29, 1.82) is 0 Å². The SMILES string of the molecule is Cc1ccc(CS(=O)(=O)NCCNc2ccc(-n3nc(C)c(C)c3C)nn2)cc1. The van der Waals surface area contributed by atoms with E-state index >= 15 is 0 Å². The molecule has 0 amide bonds. The third-order valence-electron chi connectivity index (χ3n) is 4.75. The summed E-state index contributed by atoms with van der Waals surface area (Å²) in [6, 6.07) is 11.1. The van der Waals surface area contributed by atoms with Crippen LogP contribution in [-0.4, -0.2) is 41.5 Å². The molecule has 2 N–H and O–H groups in total. The predicted molar refractivity (Wildman–Crippen MR) is 114 cm³/mol. The van der Waals surface area contributed by atoms with Crippen LogP contribution in [0.15, 0.2) is 36.4 Å². The van der Waals surface area contributed by atoms with Crippen molar-refractivity contribution in [2.75, 3.05) is 18.4 Å². The Hall–Kier alpha value is -2.78. The number of benzene rings is 1. The molecule has 154 valence electrons. The summed E-state index contributed by atoms with van der Waals surface area (Å²) in [5.74, 6) is 1.18. The first kappa shape index (κ1) is 20.9. The monoisotopic (exact) mass is 414 g/mol. The molecule has 0 fully saturated rings. The van der Waals surface area contributed by atoms with Gasteiger partial charge in [0, 0.05) is 18.8 Å². The van der Waals surface area contributed by atoms with E-state index in [0.29, 0.717) is 18.2 Å². The lowest BCUT2D eigenvalue weighted by Crippen LogP contribution is -2.30. The van der Waals surface area contributed by atoms with Crippen LogP contribution < -0.4 is 10.0 Å². The van der Waals surface area contributed by atoms with E-state index in [1.165, 1.54) is 0 Å². The molecule has 0 aliphatic carbocycles. The average Bonchev–Trinajstić information content (AvgIpc) is 2.95. The first-order valence-corrected chi connectivity index (χ1v) is 11.0. The molecule has 0 saturated carbocycles. The van der Waals surface area contributed by atoms with Gasteiger partial charge in [-0.25, -0.2) is 17.8 Å². The maximum atomic E-state index is 12.2. The number of aryl methyl sites for hydroxylation is 2. The van der Waals surface area contributed by atoms with Crippen LogP contribution in [0.5, 0.6) is 0 Å². The van der Waals surface area contributed by atoms with Gasteiger partial charge in [0.25, 0.3) is 0 Å². The lowest BCUT2D eigenvalue weighted by atomic mass is 10.2. The van der Waals surface area contributed by atoms with Crippen molar-refractivity contribution in [3.8, 4) is 5.82 Å². The highest BCUT2D eigenvalue weighted by Crippen LogP contribution is 2.15. The second-order valence-corrected chi connectivity index (χ2v) is 8.86. The van der Waals surface area contributed by atoms with Gasteiger partial charge in [-0.05, 0) is 51.0 Å². The molecule has 0 bridgehead atoms. The molecule has 0 aliphatic rings. The van der Waals surface area contributed by atoms with E-state index < -0.39 is 10.0 Å². The fourth-order valence-corrected chi connectivity index (χ4v) is 3.97. The Morgan fingerprint density at radius 1 is 0.931 bits per heavy atom. The molecule has 1 aromatic carbocycles. The second-order valence-electron chi connectivity index (χ2n) is 7.05. The van der Waals surface area contributed by atoms with Crippen molar-refractivity contribution in [2.24, 2.45) is 0 Å². The molecule has 0 atom stereocenters. The third kappa shape index (κ3) is 5.39. The molecule has 2 aromatic heterocycles. The predicted octanol–water partition coefficient (Wildman–Crippen LogP) is 2.43. The van der Waals surface area contributed by atoms with Crippen molar-refractivity contribution in [1.82, 2.24) is 24.7 Å². The van der Waals surface area contributed by atoms with E-state index in [1.54, 1.807) is 10.7 Å². The zero-order valence-electron chi connectivity index (χ0n) is 17.1. The minimum atomic E-state index is -3.39. The van der Waals surface area contributed by atoms with Crippen molar-refractivity contribution in [2.45, 2.75) is 33.4 Å². The summed E-state index contributed by atoms with van der Waals surface area (Å²) in [5.41, 5.74) is 4.98. The normalized spacial score (nSPS) is 11.6. The summed E-state index contributed by atoms with van der Waals surface area (Å²) in [6.45, 7) is 8.61. The maximum absolute atomic E-state index is 12.2. The molecular weight excluding hydrogens is 388 g/mol. The topological polar surface area (TPSA) is 102 Å². The van der Waals surface area contributed by atoms with E-state index in [-0.39, 0.29) is 12.3 Å². The van der Waals surface area contributed by atoms with Crippen LogP contribution in [0.2, 0.25) is 0 Å². The Morgan fingerprint density at radius 2 is 1.66 bits per heavy atom. The Labute approximate surface area is 171 Å². The quantitative estimate of drug-likeness (QED) is 0.549. The Bertz CT molecular complexity index is 1070. The average molecular weight is 415 g/mol. The summed E-state index contributed by atoms with van der Waals surface area (Å²) >= 11 is 0. The molecule has 0 spiro atoms. The highest BCUT2D eigenvalue weighted by molar-refractivity contribution is 7.88. The van der Waals surface area contributed by atoms with Crippen LogP contribution in [0.25, 0.3) is 5.82 Å². The molecule has 2 heterocycles. The highest BCUT2D eigenvalue weighted by atomic mass is 32.2. The van der Waals surface area contributed by atoms with Gasteiger partial charge in [-0.1, -0.05) is 29.8 Å². The Morgan fingerprint density at radius 3 is 2.24 bits per heavy atom. The standard InChI is InChI=1S/C20H26N6O2S/c1-14-5-7-18(8-6-14)13-29(27,28)22-12-11-21-19-9-10-20(24-23-19)26-17(4)15(2)16(3)25-26/h5-10,22H,11-13H2,1-4H3,(H,21,23). The maximum Gasteiger partial charge on any atom is 0.215 e. The molecule has 0 aliphatic heterocycles. The molecule has 29 heavy (non-hydrogen) atoms. The van der Waals surface area contributed by atoms with Crippen LogP contribution >= 0.6 is 0 Å². The largest absolute Gasteiger partial charge is 0.367 e. The molecule has 9 heteroatoms. The number of nitrogens with one attached hydrogen (secondary N) is 2. The van der Waals surface area contributed by atoms with Crippen molar-refractivity contribution in [3.63, 3.8) is 0 Å². The van der Waals surface area contributed by atoms with Crippen LogP contribution in [0.4, 0.5) is 5.82 Å². The van der Waals surface area contributed by atoms with Gasteiger partial charge < -0.3 is 5.32 Å². The van der Waals surface area contributed by atoms with Gasteiger partial charge in [-0.15, -0.1) is 10.2 Å². The molecule has 3 aromatic rings. The number of hydrogen-bond acceptors (Lipinski definition) is 6. The van der Waals surface area contributed by atoms with Crippen LogP contribution in [0.1, 0.15) is 28.1 Å². The van der Waals surface area contributed by atoms with Crippen LogP contribution in [-0.2, 0) is 15.8 Å². The molecule has 0 unspecified atom stereocenters. The fraction of sp³-hybridized carbons (Fsp3) is 0.350. The Kier molecular flexibility index (Phi) is 6.29. The van der Waals surface area contributed by atoms with Gasteiger partial charge in [0.1, 0.15) is 5.82 Å². The van der Waals surface area contributed by atoms with Crippen molar-refractivity contribution < 1.29 is 8.42 Å². The van der Waals surface area contributed by atoms with Gasteiger partial charge in [0.15, 0.2) is 5.82 Å². The molecule has 0 saturated heterocycles. The summed E-state index contributed by atoms with van der Waals surface area (Å²) in [7, 11) is -3.39. The molecule has 8 nitrogen and oxygen atoms in total. The summed E-state index contributed by atoms with van der Waals surface area (Å²) in [5, 5.41) is 15.9. The first-order chi connectivity index (χ1) is 13.7. The van der Waals surface area contributed by atoms with Gasteiger partial charge in [0.05, 0.1) is 11.4 Å². The number of hydrogen-bond donors (Lipinski definition) is 2. The van der Waals surface area contributed by atoms with Gasteiger partial charge in [-0.3, -0.25) is 0 Å². The first-order valence-electron chi connectivity index (χ1n) is 9.39. The lowest BCUT2D eigenvalue weighted by Gasteiger charge is -2.09. The van der Waals surface area contributed by atoms with E-state index in [0.717, 1.165) is 28.1 Å². The summed E-state index contributed by atoms with van der Waals surface area (Å²) in [6.07, 6.45) is 0. The van der Waals surface area contributed by atoms with E-state index in [1.807, 2.05) is 58.0 Å². The van der Waals surface area contributed by atoms with Crippen LogP contribution in [0.3, 0.4) is 0 Å². The smallest absolute Gasteiger partial charge is 0.215 e. The number of sulfonamides is 1. The number of rotatable bonds is 8. The molecule has 0 radical (unpaired) electrons. The van der Waals surface area contributed by atoms with E-state index in [9.17, 15) is 8.42 Å². The third-order valence-corrected chi connectivity index (χ3v) is 6.11.